The van der Waals surface area contributed by atoms with Crippen molar-refractivity contribution in [2.45, 2.75) is 19.8 Å². The molecule has 0 fully saturated rings. The predicted octanol–water partition coefficient (Wildman–Crippen LogP) is -2.44. The molecule has 0 amide bonds. The van der Waals surface area contributed by atoms with Crippen molar-refractivity contribution >= 4 is 11.8 Å². The van der Waals surface area contributed by atoms with E-state index in [1.54, 1.807) is 6.92 Å². The smallest absolute Gasteiger partial charge is 1.00 e. The second-order valence-electron chi connectivity index (χ2n) is 1.48. The predicted molar refractivity (Wildman–Crippen MR) is 28.7 cm³/mol. The van der Waals surface area contributed by atoms with E-state index in [2.05, 4.69) is 0 Å². The van der Waals surface area contributed by atoms with Crippen molar-refractivity contribution in [2.24, 2.45) is 0 Å². The summed E-state index contributed by atoms with van der Waals surface area (Å²) in [5, 5.41) is 7.96. The Morgan fingerprint density at radius 3 is 2.11 bits per heavy atom. The van der Waals surface area contributed by atoms with E-state index in [0.717, 1.165) is 0 Å². The molecular weight excluding hydrogens is 147 g/mol. The van der Waals surface area contributed by atoms with Gasteiger partial charge in [0.15, 0.2) is 0 Å². The maximum atomic E-state index is 10.1. The fourth-order valence-electron chi connectivity index (χ4n) is 0.334. The molecule has 0 aromatic carbocycles. The van der Waals surface area contributed by atoms with E-state index in [4.69, 9.17) is 5.11 Å². The Morgan fingerprint density at radius 2 is 2.00 bits per heavy atom. The molecule has 0 aliphatic heterocycles. The van der Waals surface area contributed by atoms with Crippen LogP contribution in [0.3, 0.4) is 0 Å². The number of ketones is 1. The largest absolute Gasteiger partial charge is 1.00 e. The molecule has 4 heteroatoms. The van der Waals surface area contributed by atoms with Crippen LogP contribution >= 0.6 is 0 Å². The van der Waals surface area contributed by atoms with E-state index in [1.165, 1.54) is 0 Å². The molecule has 0 unspecified atom stereocenters. The van der Waals surface area contributed by atoms with E-state index in [1.807, 2.05) is 0 Å². The molecule has 48 valence electrons. The summed E-state index contributed by atoms with van der Waals surface area (Å²) < 4.78 is 0. The number of rotatable bonds is 3. The van der Waals surface area contributed by atoms with Crippen molar-refractivity contribution in [2.75, 3.05) is 0 Å². The Hall–Kier alpha value is 0.776. The maximum Gasteiger partial charge on any atom is 1.00 e. The van der Waals surface area contributed by atoms with E-state index < -0.39 is 11.8 Å². The summed E-state index contributed by atoms with van der Waals surface area (Å²) in [7, 11) is 0. The second-order valence-corrected chi connectivity index (χ2v) is 1.48. The fraction of sp³-hybridized carbons (Fsp3) is 0.600. The van der Waals surface area contributed by atoms with Gasteiger partial charge in [0.25, 0.3) is 0 Å². The van der Waals surface area contributed by atoms with Crippen LogP contribution in [-0.2, 0) is 9.59 Å². The van der Waals surface area contributed by atoms with Crippen molar-refractivity contribution in [1.82, 2.24) is 0 Å². The molecular formula is C5H9KO3. The third kappa shape index (κ3) is 6.66. The van der Waals surface area contributed by atoms with Crippen molar-refractivity contribution in [3.63, 3.8) is 0 Å². The fourth-order valence-corrected chi connectivity index (χ4v) is 0.334. The van der Waals surface area contributed by atoms with Crippen molar-refractivity contribution in [3.05, 3.63) is 0 Å². The molecule has 0 heterocycles. The standard InChI is InChI=1S/C5H8O3.K.H/c1-2-3-4(6)5(7)8;;/h2-3H2,1H3,(H,7,8);;/q;+1;-1. The SMILES string of the molecule is CCCC(=O)C(=O)O.[H-].[K+]. The average Bonchev–Trinajstić information content (AvgIpc) is 1.67. The molecule has 0 radical (unpaired) electrons. The number of Topliss-reactive ketones (excluding diaryl/α,β-unsaturated/α-hetero) is 1. The molecule has 9 heavy (non-hydrogen) atoms. The summed E-state index contributed by atoms with van der Waals surface area (Å²) in [6, 6.07) is 0. The van der Waals surface area contributed by atoms with E-state index in [0.29, 0.717) is 6.42 Å². The summed E-state index contributed by atoms with van der Waals surface area (Å²) in [6.45, 7) is 1.76. The van der Waals surface area contributed by atoms with E-state index >= 15 is 0 Å². The van der Waals surface area contributed by atoms with E-state index in [-0.39, 0.29) is 59.2 Å². The Balaban J connectivity index is -0.000000245. The first-order valence-electron chi connectivity index (χ1n) is 2.44. The van der Waals surface area contributed by atoms with Gasteiger partial charge in [-0.2, -0.15) is 0 Å². The van der Waals surface area contributed by atoms with Gasteiger partial charge in [-0.25, -0.2) is 4.79 Å². The summed E-state index contributed by atoms with van der Waals surface area (Å²) in [5.74, 6) is -2.03. The van der Waals surface area contributed by atoms with Gasteiger partial charge in [0.1, 0.15) is 0 Å². The molecule has 1 N–H and O–H groups in total. The molecule has 0 bridgehead atoms. The molecule has 0 atom stereocenters. The van der Waals surface area contributed by atoms with Gasteiger partial charge in [0.05, 0.1) is 0 Å². The van der Waals surface area contributed by atoms with Crippen molar-refractivity contribution < 1.29 is 67.5 Å². The van der Waals surface area contributed by atoms with Gasteiger partial charge in [-0.3, -0.25) is 4.79 Å². The van der Waals surface area contributed by atoms with Crippen LogP contribution in [0.4, 0.5) is 0 Å². The van der Waals surface area contributed by atoms with Gasteiger partial charge < -0.3 is 6.53 Å². The minimum atomic E-state index is -1.33. The number of hydrogen-bond donors (Lipinski definition) is 1. The topological polar surface area (TPSA) is 54.4 Å². The van der Waals surface area contributed by atoms with Crippen molar-refractivity contribution in [1.29, 1.82) is 0 Å². The van der Waals surface area contributed by atoms with Crippen LogP contribution in [0.1, 0.15) is 21.2 Å². The van der Waals surface area contributed by atoms with Gasteiger partial charge in [0.2, 0.25) is 5.78 Å². The number of carbonyl (C=O) groups is 2. The van der Waals surface area contributed by atoms with Gasteiger partial charge >= 0.3 is 57.4 Å². The number of carboxylic acid groups (broad SMARTS) is 1. The first-order valence-corrected chi connectivity index (χ1v) is 2.44. The van der Waals surface area contributed by atoms with Gasteiger partial charge in [-0.1, -0.05) is 6.92 Å². The Kier molecular flexibility index (Phi) is 9.53. The Bertz CT molecular complexity index is 115. The van der Waals surface area contributed by atoms with Crippen LogP contribution < -0.4 is 51.4 Å². The van der Waals surface area contributed by atoms with Crippen LogP contribution in [0.5, 0.6) is 0 Å². The van der Waals surface area contributed by atoms with Crippen molar-refractivity contribution in [3.8, 4) is 0 Å². The maximum absolute atomic E-state index is 10.1. The van der Waals surface area contributed by atoms with Gasteiger partial charge in [-0.05, 0) is 6.42 Å². The number of aliphatic carboxylic acids is 1. The summed E-state index contributed by atoms with van der Waals surface area (Å²) in [5.41, 5.74) is 0. The third-order valence-electron chi connectivity index (χ3n) is 0.716. The number of carboxylic acids is 1. The van der Waals surface area contributed by atoms with Crippen LogP contribution in [0.2, 0.25) is 0 Å². The number of hydrogen-bond acceptors (Lipinski definition) is 2. The van der Waals surface area contributed by atoms with Crippen LogP contribution in [0, 0.1) is 0 Å². The van der Waals surface area contributed by atoms with Gasteiger partial charge in [-0.15, -0.1) is 0 Å². The zero-order valence-electron chi connectivity index (χ0n) is 6.68. The first-order chi connectivity index (χ1) is 3.68. The molecule has 0 aromatic rings. The monoisotopic (exact) mass is 156 g/mol. The Labute approximate surface area is 97.7 Å². The minimum absolute atomic E-state index is 0. The quantitative estimate of drug-likeness (QED) is 0.365. The van der Waals surface area contributed by atoms with Gasteiger partial charge in [0, 0.05) is 6.42 Å². The molecule has 0 aliphatic carbocycles. The van der Waals surface area contributed by atoms with Crippen LogP contribution in [0.15, 0.2) is 0 Å². The summed E-state index contributed by atoms with van der Waals surface area (Å²) in [4.78, 5) is 19.9. The second kappa shape index (κ2) is 6.89. The van der Waals surface area contributed by atoms with E-state index in [9.17, 15) is 9.59 Å². The molecule has 0 saturated carbocycles. The Morgan fingerprint density at radius 1 is 1.56 bits per heavy atom. The summed E-state index contributed by atoms with van der Waals surface area (Å²) >= 11 is 0. The molecule has 0 saturated heterocycles. The van der Waals surface area contributed by atoms with Crippen LogP contribution in [-0.4, -0.2) is 16.9 Å². The molecule has 0 rings (SSSR count). The first kappa shape index (κ1) is 12.5. The molecule has 0 aliphatic rings. The zero-order valence-corrected chi connectivity index (χ0v) is 8.80. The number of carbonyl (C=O) groups excluding carboxylic acids is 1. The zero-order chi connectivity index (χ0) is 6.57. The third-order valence-corrected chi connectivity index (χ3v) is 0.716. The van der Waals surface area contributed by atoms with Crippen LogP contribution in [0.25, 0.3) is 0 Å². The average molecular weight is 156 g/mol. The minimum Gasteiger partial charge on any atom is -1.00 e. The molecule has 3 nitrogen and oxygen atoms in total. The summed E-state index contributed by atoms with van der Waals surface area (Å²) in [6.07, 6.45) is 0.750. The molecule has 0 aromatic heterocycles. The molecule has 0 spiro atoms. The normalized spacial score (nSPS) is 7.67.